The zero-order valence-electron chi connectivity index (χ0n) is 19.7. The van der Waals surface area contributed by atoms with Crippen LogP contribution in [0.2, 0.25) is 0 Å². The first-order chi connectivity index (χ1) is 17.1. The van der Waals surface area contributed by atoms with Crippen molar-refractivity contribution in [3.05, 3.63) is 83.2 Å². The fraction of sp³-hybridized carbons (Fsp3) is 0.259. The molecule has 7 nitrogen and oxygen atoms in total. The Hall–Kier alpha value is -3.78. The van der Waals surface area contributed by atoms with Gasteiger partial charge in [-0.2, -0.15) is 0 Å². The van der Waals surface area contributed by atoms with Crippen LogP contribution in [0.5, 0.6) is 0 Å². The van der Waals surface area contributed by atoms with Gasteiger partial charge in [0.25, 0.3) is 5.91 Å². The number of carbonyl (C=O) groups excluding carboxylic acids is 2. The van der Waals surface area contributed by atoms with Gasteiger partial charge in [-0.3, -0.25) is 14.6 Å². The first kappa shape index (κ1) is 24.3. The van der Waals surface area contributed by atoms with E-state index < -0.39 is 0 Å². The van der Waals surface area contributed by atoms with Gasteiger partial charge in [0.1, 0.15) is 10.7 Å². The van der Waals surface area contributed by atoms with Crippen LogP contribution in [0.3, 0.4) is 0 Å². The van der Waals surface area contributed by atoms with Gasteiger partial charge in [-0.15, -0.1) is 11.3 Å². The van der Waals surface area contributed by atoms with Crippen LogP contribution < -0.4 is 10.6 Å². The van der Waals surface area contributed by atoms with E-state index in [0.717, 1.165) is 48.3 Å². The molecule has 180 valence electrons. The lowest BCUT2D eigenvalue weighted by Crippen LogP contribution is -2.28. The Balaban J connectivity index is 1.45. The van der Waals surface area contributed by atoms with E-state index in [1.54, 1.807) is 18.8 Å². The number of hydrogen-bond acceptors (Lipinski definition) is 5. The maximum absolute atomic E-state index is 12.7. The van der Waals surface area contributed by atoms with Gasteiger partial charge in [0.05, 0.1) is 29.6 Å². The number of amides is 2. The number of aromatic nitrogens is 3. The molecule has 0 bridgehead atoms. The van der Waals surface area contributed by atoms with Crippen molar-refractivity contribution in [1.29, 1.82) is 0 Å². The molecule has 0 aliphatic rings. The summed E-state index contributed by atoms with van der Waals surface area (Å²) >= 11 is 1.31. The number of rotatable bonds is 11. The number of thiazole rings is 1. The molecule has 2 heterocycles. The van der Waals surface area contributed by atoms with Gasteiger partial charge in [-0.1, -0.05) is 67.4 Å². The van der Waals surface area contributed by atoms with Gasteiger partial charge in [0, 0.05) is 13.5 Å². The van der Waals surface area contributed by atoms with E-state index in [0.29, 0.717) is 11.3 Å². The van der Waals surface area contributed by atoms with E-state index in [9.17, 15) is 9.59 Å². The Morgan fingerprint density at radius 3 is 2.40 bits per heavy atom. The van der Waals surface area contributed by atoms with Gasteiger partial charge in [0.2, 0.25) is 5.91 Å². The van der Waals surface area contributed by atoms with Crippen LogP contribution in [-0.4, -0.2) is 33.8 Å². The van der Waals surface area contributed by atoms with E-state index >= 15 is 0 Å². The second kappa shape index (κ2) is 12.1. The van der Waals surface area contributed by atoms with Crippen LogP contribution in [0.1, 0.15) is 53.6 Å². The summed E-state index contributed by atoms with van der Waals surface area (Å²) in [5, 5.41) is 5.75. The quantitative estimate of drug-likeness (QED) is 0.248. The zero-order chi connectivity index (χ0) is 24.5. The first-order valence-electron chi connectivity index (χ1n) is 11.7. The standard InChI is InChI=1S/C27H29N5O2S/c1-28-25(33)11-7-3-6-10-22(32-27(34)24-17-29-18-35-24)26-30-16-23(31-26)21-14-12-20(13-15-21)19-8-4-2-5-9-19/h2,4-5,8-9,12-18,22H,3,6-7,10-11H2,1H3,(H,28,33)(H,30,31)(H,32,34)/t22-/m0/s1. The molecule has 0 saturated carbocycles. The first-order valence-corrected chi connectivity index (χ1v) is 12.6. The molecule has 8 heteroatoms. The van der Waals surface area contributed by atoms with E-state index in [4.69, 9.17) is 0 Å². The minimum atomic E-state index is -0.262. The van der Waals surface area contributed by atoms with E-state index in [1.165, 1.54) is 16.9 Å². The number of nitrogens with zero attached hydrogens (tertiary/aromatic N) is 2. The van der Waals surface area contributed by atoms with Crippen LogP contribution in [0.4, 0.5) is 0 Å². The van der Waals surface area contributed by atoms with E-state index in [1.807, 2.05) is 24.4 Å². The number of H-pyrrole nitrogens is 1. The predicted molar refractivity (Wildman–Crippen MR) is 139 cm³/mol. The summed E-state index contributed by atoms with van der Waals surface area (Å²) in [5.41, 5.74) is 5.90. The number of benzene rings is 2. The number of carbonyl (C=O) groups is 2. The van der Waals surface area contributed by atoms with E-state index in [2.05, 4.69) is 62.0 Å². The van der Waals surface area contributed by atoms with Gasteiger partial charge in [0.15, 0.2) is 0 Å². The lowest BCUT2D eigenvalue weighted by Gasteiger charge is -2.16. The molecule has 35 heavy (non-hydrogen) atoms. The van der Waals surface area contributed by atoms with Crippen molar-refractivity contribution in [2.24, 2.45) is 0 Å². The lowest BCUT2D eigenvalue weighted by atomic mass is 10.0. The number of aromatic amines is 1. The second-order valence-electron chi connectivity index (χ2n) is 8.29. The smallest absolute Gasteiger partial charge is 0.263 e. The molecule has 4 aromatic rings. The van der Waals surface area contributed by atoms with Gasteiger partial charge in [-0.25, -0.2) is 4.98 Å². The van der Waals surface area contributed by atoms with Crippen LogP contribution in [0, 0.1) is 0 Å². The molecule has 0 aliphatic heterocycles. The fourth-order valence-electron chi connectivity index (χ4n) is 3.90. The molecule has 2 aromatic carbocycles. The highest BCUT2D eigenvalue weighted by molar-refractivity contribution is 7.11. The molecule has 2 aromatic heterocycles. The van der Waals surface area contributed by atoms with Crippen LogP contribution in [0.15, 0.2) is 72.5 Å². The third kappa shape index (κ3) is 6.64. The third-order valence-electron chi connectivity index (χ3n) is 5.87. The molecule has 0 aliphatic carbocycles. The Bertz CT molecular complexity index is 1220. The predicted octanol–water partition coefficient (Wildman–Crippen LogP) is 5.37. The molecule has 4 rings (SSSR count). The van der Waals surface area contributed by atoms with Crippen molar-refractivity contribution >= 4 is 23.2 Å². The van der Waals surface area contributed by atoms with Gasteiger partial charge in [-0.05, 0) is 29.5 Å². The van der Waals surface area contributed by atoms with Crippen LogP contribution in [-0.2, 0) is 4.79 Å². The number of imidazole rings is 1. The van der Waals surface area contributed by atoms with Crippen LogP contribution >= 0.6 is 11.3 Å². The monoisotopic (exact) mass is 487 g/mol. The molecular weight excluding hydrogens is 458 g/mol. The molecular formula is C27H29N5O2S. The summed E-state index contributed by atoms with van der Waals surface area (Å²) < 4.78 is 0. The third-order valence-corrected chi connectivity index (χ3v) is 6.64. The largest absolute Gasteiger partial charge is 0.359 e. The van der Waals surface area contributed by atoms with Crippen molar-refractivity contribution in [2.45, 2.75) is 38.1 Å². The lowest BCUT2D eigenvalue weighted by molar-refractivity contribution is -0.120. The highest BCUT2D eigenvalue weighted by Gasteiger charge is 2.20. The molecule has 1 atom stereocenters. The Kier molecular flexibility index (Phi) is 8.40. The minimum absolute atomic E-state index is 0.0500. The average Bonchev–Trinajstić information content (AvgIpc) is 3.61. The van der Waals surface area contributed by atoms with Gasteiger partial charge >= 0.3 is 0 Å². The second-order valence-corrected chi connectivity index (χ2v) is 9.18. The Morgan fingerprint density at radius 1 is 0.943 bits per heavy atom. The molecule has 2 amide bonds. The molecule has 0 fully saturated rings. The topological polar surface area (TPSA) is 99.8 Å². The fourth-order valence-corrected chi connectivity index (χ4v) is 4.43. The summed E-state index contributed by atoms with van der Waals surface area (Å²) in [6, 6.07) is 18.3. The average molecular weight is 488 g/mol. The summed E-state index contributed by atoms with van der Waals surface area (Å²) in [4.78, 5) is 36.8. The van der Waals surface area contributed by atoms with Crippen molar-refractivity contribution in [2.75, 3.05) is 7.05 Å². The summed E-state index contributed by atoms with van der Waals surface area (Å²) in [6.45, 7) is 0. The Labute approximate surface area is 209 Å². The van der Waals surface area contributed by atoms with Crippen molar-refractivity contribution < 1.29 is 9.59 Å². The molecule has 3 N–H and O–H groups in total. The molecule has 0 radical (unpaired) electrons. The SMILES string of the molecule is CNC(=O)CCCCC[C@H](NC(=O)c1cncs1)c1ncc(-c2ccc(-c3ccccc3)cc2)[nH]1. The minimum Gasteiger partial charge on any atom is -0.359 e. The number of unbranched alkanes of at least 4 members (excludes halogenated alkanes) is 2. The van der Waals surface area contributed by atoms with Crippen molar-refractivity contribution in [3.63, 3.8) is 0 Å². The maximum atomic E-state index is 12.7. The van der Waals surface area contributed by atoms with Crippen LogP contribution in [0.25, 0.3) is 22.4 Å². The maximum Gasteiger partial charge on any atom is 0.263 e. The van der Waals surface area contributed by atoms with E-state index in [-0.39, 0.29) is 17.9 Å². The Morgan fingerprint density at radius 2 is 1.69 bits per heavy atom. The van der Waals surface area contributed by atoms with Gasteiger partial charge < -0.3 is 15.6 Å². The molecule has 0 unspecified atom stereocenters. The normalized spacial score (nSPS) is 11.7. The van der Waals surface area contributed by atoms with Crippen molar-refractivity contribution in [3.8, 4) is 22.4 Å². The summed E-state index contributed by atoms with van der Waals surface area (Å²) in [5.74, 6) is 0.610. The number of hydrogen-bond donors (Lipinski definition) is 3. The highest BCUT2D eigenvalue weighted by atomic mass is 32.1. The van der Waals surface area contributed by atoms with Crippen molar-refractivity contribution in [1.82, 2.24) is 25.6 Å². The zero-order valence-corrected chi connectivity index (χ0v) is 20.5. The summed E-state index contributed by atoms with van der Waals surface area (Å²) in [7, 11) is 1.65. The summed E-state index contributed by atoms with van der Waals surface area (Å²) in [6.07, 6.45) is 7.19. The highest BCUT2D eigenvalue weighted by Crippen LogP contribution is 2.26. The molecule has 0 spiro atoms. The molecule has 0 saturated heterocycles. The number of nitrogens with one attached hydrogen (secondary N) is 3.